The van der Waals surface area contributed by atoms with Gasteiger partial charge in [-0.1, -0.05) is 19.4 Å². The highest BCUT2D eigenvalue weighted by molar-refractivity contribution is 5.93. The standard InChI is InChI=1S/C13H18N2O.ClH/c1-2-3-5-9-6-4-7-11-10(9)8-12(16-11)13(14)15;/h5,8H,2-4,6-7H2,1H3,(H3,14,15);1H/b9-5+;. The molecule has 0 saturated heterocycles. The molecule has 94 valence electrons. The Bertz CT molecular complexity index is 435. The molecule has 0 spiro atoms. The third kappa shape index (κ3) is 2.91. The number of unbranched alkanes of at least 4 members (excludes halogenated alkanes) is 1. The van der Waals surface area contributed by atoms with Crippen molar-refractivity contribution in [2.75, 3.05) is 0 Å². The first-order valence-corrected chi connectivity index (χ1v) is 5.89. The number of fused-ring (bicyclic) bond motifs is 1. The summed E-state index contributed by atoms with van der Waals surface area (Å²) in [5.41, 5.74) is 7.97. The minimum atomic E-state index is 0. The van der Waals surface area contributed by atoms with Gasteiger partial charge in [0.05, 0.1) is 0 Å². The summed E-state index contributed by atoms with van der Waals surface area (Å²) in [6.45, 7) is 2.18. The predicted molar refractivity (Wildman–Crippen MR) is 72.8 cm³/mol. The van der Waals surface area contributed by atoms with E-state index in [9.17, 15) is 0 Å². The molecular formula is C13H19ClN2O. The predicted octanol–water partition coefficient (Wildman–Crippen LogP) is 3.51. The van der Waals surface area contributed by atoms with Gasteiger partial charge in [0.25, 0.3) is 0 Å². The second kappa shape index (κ2) is 5.92. The van der Waals surface area contributed by atoms with Crippen molar-refractivity contribution in [3.63, 3.8) is 0 Å². The van der Waals surface area contributed by atoms with Crippen molar-refractivity contribution >= 4 is 23.8 Å². The smallest absolute Gasteiger partial charge is 0.169 e. The van der Waals surface area contributed by atoms with Crippen LogP contribution in [-0.2, 0) is 6.42 Å². The minimum absolute atomic E-state index is 0. The largest absolute Gasteiger partial charge is 0.457 e. The number of rotatable bonds is 3. The van der Waals surface area contributed by atoms with Crippen LogP contribution in [0.2, 0.25) is 0 Å². The Morgan fingerprint density at radius 2 is 2.29 bits per heavy atom. The van der Waals surface area contributed by atoms with E-state index in [0.717, 1.165) is 37.9 Å². The number of amidine groups is 1. The molecule has 17 heavy (non-hydrogen) atoms. The van der Waals surface area contributed by atoms with Gasteiger partial charge in [-0.2, -0.15) is 0 Å². The van der Waals surface area contributed by atoms with Crippen LogP contribution in [0.5, 0.6) is 0 Å². The summed E-state index contributed by atoms with van der Waals surface area (Å²) in [6, 6.07) is 1.92. The van der Waals surface area contributed by atoms with Crippen LogP contribution in [0, 0.1) is 5.41 Å². The number of nitrogen functional groups attached to an aromatic ring is 1. The van der Waals surface area contributed by atoms with Gasteiger partial charge in [-0.3, -0.25) is 5.41 Å². The van der Waals surface area contributed by atoms with Crippen LogP contribution in [0.15, 0.2) is 16.6 Å². The Balaban J connectivity index is 0.00000144. The summed E-state index contributed by atoms with van der Waals surface area (Å²) >= 11 is 0. The van der Waals surface area contributed by atoms with Gasteiger partial charge in [-0.25, -0.2) is 0 Å². The maximum absolute atomic E-state index is 7.38. The number of hydrogen-bond acceptors (Lipinski definition) is 2. The van der Waals surface area contributed by atoms with Gasteiger partial charge < -0.3 is 10.2 Å². The molecule has 1 aromatic rings. The summed E-state index contributed by atoms with van der Waals surface area (Å²) in [5.74, 6) is 1.53. The summed E-state index contributed by atoms with van der Waals surface area (Å²) < 4.78 is 5.59. The van der Waals surface area contributed by atoms with Crippen molar-refractivity contribution < 1.29 is 4.42 Å². The van der Waals surface area contributed by atoms with Crippen LogP contribution in [0.4, 0.5) is 0 Å². The third-order valence-corrected chi connectivity index (χ3v) is 2.95. The van der Waals surface area contributed by atoms with E-state index in [-0.39, 0.29) is 18.2 Å². The van der Waals surface area contributed by atoms with E-state index in [2.05, 4.69) is 13.0 Å². The van der Waals surface area contributed by atoms with Crippen LogP contribution >= 0.6 is 12.4 Å². The van der Waals surface area contributed by atoms with Gasteiger partial charge in [-0.15, -0.1) is 12.4 Å². The molecule has 3 N–H and O–H groups in total. The summed E-state index contributed by atoms with van der Waals surface area (Å²) in [4.78, 5) is 0. The van der Waals surface area contributed by atoms with E-state index < -0.39 is 0 Å². The highest BCUT2D eigenvalue weighted by atomic mass is 35.5. The highest BCUT2D eigenvalue weighted by Crippen LogP contribution is 2.33. The lowest BCUT2D eigenvalue weighted by Crippen LogP contribution is -2.09. The molecule has 1 heterocycles. The van der Waals surface area contributed by atoms with Crippen molar-refractivity contribution in [2.24, 2.45) is 5.73 Å². The first kappa shape index (κ1) is 13.8. The lowest BCUT2D eigenvalue weighted by molar-refractivity contribution is 0.489. The molecule has 0 aliphatic heterocycles. The fourth-order valence-electron chi connectivity index (χ4n) is 2.12. The van der Waals surface area contributed by atoms with Crippen LogP contribution in [0.25, 0.3) is 5.57 Å². The second-order valence-electron chi connectivity index (χ2n) is 4.23. The van der Waals surface area contributed by atoms with E-state index >= 15 is 0 Å². The maximum atomic E-state index is 7.38. The zero-order valence-electron chi connectivity index (χ0n) is 10.1. The third-order valence-electron chi connectivity index (χ3n) is 2.95. The Morgan fingerprint density at radius 3 is 2.94 bits per heavy atom. The second-order valence-corrected chi connectivity index (χ2v) is 4.23. The normalized spacial score (nSPS) is 16.4. The van der Waals surface area contributed by atoms with E-state index in [0.29, 0.717) is 5.76 Å². The summed E-state index contributed by atoms with van der Waals surface area (Å²) in [6.07, 6.45) is 7.77. The zero-order valence-corrected chi connectivity index (χ0v) is 10.9. The molecule has 2 rings (SSSR count). The van der Waals surface area contributed by atoms with Gasteiger partial charge >= 0.3 is 0 Å². The number of halogens is 1. The molecule has 0 unspecified atom stereocenters. The lowest BCUT2D eigenvalue weighted by Gasteiger charge is -2.13. The van der Waals surface area contributed by atoms with Crippen LogP contribution < -0.4 is 5.73 Å². The maximum Gasteiger partial charge on any atom is 0.169 e. The topological polar surface area (TPSA) is 63.0 Å². The quantitative estimate of drug-likeness (QED) is 0.641. The molecule has 1 aromatic heterocycles. The molecule has 1 aliphatic carbocycles. The van der Waals surface area contributed by atoms with Gasteiger partial charge in [-0.05, 0) is 30.9 Å². The lowest BCUT2D eigenvalue weighted by atomic mass is 9.92. The van der Waals surface area contributed by atoms with Crippen LogP contribution in [0.3, 0.4) is 0 Å². The average molecular weight is 255 g/mol. The van der Waals surface area contributed by atoms with Crippen LogP contribution in [-0.4, -0.2) is 5.84 Å². The Labute approximate surface area is 108 Å². The molecule has 1 aliphatic rings. The van der Waals surface area contributed by atoms with Crippen molar-refractivity contribution in [3.8, 4) is 0 Å². The van der Waals surface area contributed by atoms with E-state index in [1.807, 2.05) is 6.07 Å². The fourth-order valence-corrected chi connectivity index (χ4v) is 2.12. The number of furan rings is 1. The minimum Gasteiger partial charge on any atom is -0.457 e. The first-order valence-electron chi connectivity index (χ1n) is 5.89. The molecular weight excluding hydrogens is 236 g/mol. The molecule has 0 saturated carbocycles. The molecule has 0 amide bonds. The van der Waals surface area contributed by atoms with Crippen molar-refractivity contribution in [1.82, 2.24) is 0 Å². The van der Waals surface area contributed by atoms with E-state index in [1.54, 1.807) is 0 Å². The van der Waals surface area contributed by atoms with Crippen molar-refractivity contribution in [1.29, 1.82) is 5.41 Å². The Hall–Kier alpha value is -1.22. The molecule has 4 heteroatoms. The van der Waals surface area contributed by atoms with Crippen molar-refractivity contribution in [3.05, 3.63) is 29.2 Å². The van der Waals surface area contributed by atoms with Gasteiger partial charge in [0.15, 0.2) is 11.6 Å². The molecule has 3 nitrogen and oxygen atoms in total. The number of nitrogens with two attached hydrogens (primary N) is 1. The molecule has 0 aromatic carbocycles. The van der Waals surface area contributed by atoms with Gasteiger partial charge in [0.2, 0.25) is 0 Å². The van der Waals surface area contributed by atoms with Gasteiger partial charge in [0.1, 0.15) is 5.76 Å². The Morgan fingerprint density at radius 1 is 1.53 bits per heavy atom. The first-order chi connectivity index (χ1) is 7.72. The number of hydrogen-bond donors (Lipinski definition) is 2. The fraction of sp³-hybridized carbons (Fsp3) is 0.462. The highest BCUT2D eigenvalue weighted by Gasteiger charge is 2.19. The molecule has 0 radical (unpaired) electrons. The molecule has 0 bridgehead atoms. The molecule has 0 fully saturated rings. The zero-order chi connectivity index (χ0) is 11.5. The Kier molecular flexibility index (Phi) is 4.82. The van der Waals surface area contributed by atoms with E-state index in [4.69, 9.17) is 15.6 Å². The molecule has 0 atom stereocenters. The number of aryl methyl sites for hydroxylation is 1. The average Bonchev–Trinajstić information content (AvgIpc) is 2.70. The van der Waals surface area contributed by atoms with Gasteiger partial charge in [0, 0.05) is 12.0 Å². The summed E-state index contributed by atoms with van der Waals surface area (Å²) in [5, 5.41) is 7.38. The van der Waals surface area contributed by atoms with Crippen molar-refractivity contribution in [2.45, 2.75) is 39.0 Å². The number of allylic oxidation sites excluding steroid dienone is 2. The SMILES string of the molecule is CCC/C=C1\CCCc2oc(C(=N)N)cc21.Cl. The van der Waals surface area contributed by atoms with Crippen LogP contribution in [0.1, 0.15) is 49.7 Å². The summed E-state index contributed by atoms with van der Waals surface area (Å²) in [7, 11) is 0. The number of nitrogens with one attached hydrogen (secondary N) is 1. The van der Waals surface area contributed by atoms with E-state index in [1.165, 1.54) is 11.1 Å². The monoisotopic (exact) mass is 254 g/mol.